The number of aryl methyl sites for hydroxylation is 1. The number of nitrogens with zero attached hydrogens (tertiary/aromatic N) is 2. The van der Waals surface area contributed by atoms with E-state index in [0.29, 0.717) is 11.3 Å². The minimum absolute atomic E-state index is 0.305. The van der Waals surface area contributed by atoms with Crippen LogP contribution in [0.3, 0.4) is 0 Å². The molecule has 0 aromatic carbocycles. The van der Waals surface area contributed by atoms with Crippen molar-refractivity contribution in [1.29, 1.82) is 0 Å². The van der Waals surface area contributed by atoms with Crippen LogP contribution in [-0.4, -0.2) is 29.2 Å². The van der Waals surface area contributed by atoms with Gasteiger partial charge in [0.15, 0.2) is 0 Å². The van der Waals surface area contributed by atoms with Crippen LogP contribution in [0.15, 0.2) is 6.07 Å². The van der Waals surface area contributed by atoms with Gasteiger partial charge in [-0.15, -0.1) is 11.3 Å². The second-order valence-corrected chi connectivity index (χ2v) is 6.02. The third kappa shape index (κ3) is 2.43. The summed E-state index contributed by atoms with van der Waals surface area (Å²) in [5.41, 5.74) is 0. The molecule has 1 fully saturated rings. The number of anilines is 1. The molecule has 1 aliphatic heterocycles. The Morgan fingerprint density at radius 3 is 2.94 bits per heavy atom. The van der Waals surface area contributed by atoms with Gasteiger partial charge in [-0.25, -0.2) is 9.97 Å². The van der Waals surface area contributed by atoms with Crippen LogP contribution in [0, 0.1) is 6.92 Å². The molecule has 3 rings (SSSR count). The lowest BCUT2D eigenvalue weighted by molar-refractivity contribution is 0.0904. The molecule has 3 heterocycles. The minimum atomic E-state index is 0.305. The first kappa shape index (κ1) is 12.1. The van der Waals surface area contributed by atoms with E-state index in [-0.39, 0.29) is 0 Å². The van der Waals surface area contributed by atoms with Gasteiger partial charge in [-0.2, -0.15) is 0 Å². The van der Waals surface area contributed by atoms with Gasteiger partial charge >= 0.3 is 0 Å². The summed E-state index contributed by atoms with van der Waals surface area (Å²) in [4.78, 5) is 10.7. The Balaban J connectivity index is 1.94. The zero-order chi connectivity index (χ0) is 12.5. The first-order chi connectivity index (χ1) is 8.72. The highest BCUT2D eigenvalue weighted by Gasteiger charge is 2.17. The van der Waals surface area contributed by atoms with Crippen molar-refractivity contribution in [3.8, 4) is 0 Å². The first-order valence-electron chi connectivity index (χ1n) is 6.00. The molecule has 96 valence electrons. The molecule has 1 aliphatic rings. The molecule has 0 amide bonds. The SMILES string of the molecule is Cc1cc2c(NC3CCOCC3)nc(Cl)nc2s1. The van der Waals surface area contributed by atoms with Gasteiger partial charge in [0, 0.05) is 24.1 Å². The van der Waals surface area contributed by atoms with Crippen molar-refractivity contribution >= 4 is 39.0 Å². The third-order valence-electron chi connectivity index (χ3n) is 3.05. The highest BCUT2D eigenvalue weighted by atomic mass is 35.5. The third-order valence-corrected chi connectivity index (χ3v) is 4.16. The lowest BCUT2D eigenvalue weighted by Crippen LogP contribution is -2.28. The number of nitrogens with one attached hydrogen (secondary N) is 1. The van der Waals surface area contributed by atoms with Crippen LogP contribution in [0.1, 0.15) is 17.7 Å². The summed E-state index contributed by atoms with van der Waals surface area (Å²) in [6.45, 7) is 3.68. The molecule has 0 saturated carbocycles. The Morgan fingerprint density at radius 1 is 1.39 bits per heavy atom. The molecule has 0 spiro atoms. The topological polar surface area (TPSA) is 47.0 Å². The van der Waals surface area contributed by atoms with E-state index < -0.39 is 0 Å². The van der Waals surface area contributed by atoms with Crippen LogP contribution in [0.5, 0.6) is 0 Å². The van der Waals surface area contributed by atoms with Crippen molar-refractivity contribution in [3.63, 3.8) is 0 Å². The molecule has 0 radical (unpaired) electrons. The molecule has 0 aliphatic carbocycles. The average molecular weight is 284 g/mol. The molecule has 0 unspecified atom stereocenters. The molecule has 2 aromatic heterocycles. The first-order valence-corrected chi connectivity index (χ1v) is 7.20. The fraction of sp³-hybridized carbons (Fsp3) is 0.500. The number of rotatable bonds is 2. The Hall–Kier alpha value is -0.910. The minimum Gasteiger partial charge on any atom is -0.381 e. The normalized spacial score (nSPS) is 17.2. The predicted molar refractivity (Wildman–Crippen MR) is 74.6 cm³/mol. The van der Waals surface area contributed by atoms with Crippen LogP contribution in [0.2, 0.25) is 5.28 Å². The van der Waals surface area contributed by atoms with Crippen molar-refractivity contribution in [1.82, 2.24) is 9.97 Å². The van der Waals surface area contributed by atoms with Gasteiger partial charge in [-0.05, 0) is 37.4 Å². The fourth-order valence-electron chi connectivity index (χ4n) is 2.16. The van der Waals surface area contributed by atoms with Crippen molar-refractivity contribution in [2.75, 3.05) is 18.5 Å². The molecule has 0 bridgehead atoms. The van der Waals surface area contributed by atoms with E-state index in [9.17, 15) is 0 Å². The highest BCUT2D eigenvalue weighted by Crippen LogP contribution is 2.30. The largest absolute Gasteiger partial charge is 0.381 e. The van der Waals surface area contributed by atoms with E-state index in [1.54, 1.807) is 11.3 Å². The zero-order valence-electron chi connectivity index (χ0n) is 10.1. The lowest BCUT2D eigenvalue weighted by Gasteiger charge is -2.23. The molecule has 1 saturated heterocycles. The van der Waals surface area contributed by atoms with Gasteiger partial charge < -0.3 is 10.1 Å². The van der Waals surface area contributed by atoms with Gasteiger partial charge in [0.2, 0.25) is 5.28 Å². The van der Waals surface area contributed by atoms with Crippen molar-refractivity contribution in [2.45, 2.75) is 25.8 Å². The Kier molecular flexibility index (Phi) is 3.37. The molecule has 6 heteroatoms. The van der Waals surface area contributed by atoms with Gasteiger partial charge in [0.1, 0.15) is 10.6 Å². The summed E-state index contributed by atoms with van der Waals surface area (Å²) >= 11 is 7.61. The Labute approximate surface area is 114 Å². The quantitative estimate of drug-likeness (QED) is 0.860. The molecule has 2 aromatic rings. The molecule has 4 nitrogen and oxygen atoms in total. The molecular formula is C12H14ClN3OS. The van der Waals surface area contributed by atoms with Gasteiger partial charge in [-0.3, -0.25) is 0 Å². The van der Waals surface area contributed by atoms with E-state index in [2.05, 4.69) is 28.3 Å². The van der Waals surface area contributed by atoms with Crippen LogP contribution in [-0.2, 0) is 4.74 Å². The number of halogens is 1. The lowest BCUT2D eigenvalue weighted by atomic mass is 10.1. The number of ether oxygens (including phenoxy) is 1. The number of hydrogen-bond donors (Lipinski definition) is 1. The van der Waals surface area contributed by atoms with E-state index in [1.165, 1.54) is 4.88 Å². The van der Waals surface area contributed by atoms with E-state index >= 15 is 0 Å². The van der Waals surface area contributed by atoms with E-state index in [4.69, 9.17) is 16.3 Å². The summed E-state index contributed by atoms with van der Waals surface area (Å²) in [5, 5.41) is 4.84. The molecule has 0 atom stereocenters. The molecular weight excluding hydrogens is 270 g/mol. The van der Waals surface area contributed by atoms with Crippen LogP contribution in [0.25, 0.3) is 10.2 Å². The summed E-state index contributed by atoms with van der Waals surface area (Å²) in [6.07, 6.45) is 2.01. The Morgan fingerprint density at radius 2 is 2.17 bits per heavy atom. The summed E-state index contributed by atoms with van der Waals surface area (Å²) in [6, 6.07) is 2.52. The average Bonchev–Trinajstić information content (AvgIpc) is 2.71. The standard InChI is InChI=1S/C12H14ClN3OS/c1-7-6-9-10(14-8-2-4-17-5-3-8)15-12(13)16-11(9)18-7/h6,8H,2-5H2,1H3,(H,14,15,16). The number of hydrogen-bond acceptors (Lipinski definition) is 5. The Bertz CT molecular complexity index is 566. The van der Waals surface area contributed by atoms with E-state index in [1.807, 2.05) is 0 Å². The second-order valence-electron chi connectivity index (χ2n) is 4.45. The monoisotopic (exact) mass is 283 g/mol. The summed E-state index contributed by atoms with van der Waals surface area (Å²) in [5.74, 6) is 0.848. The number of thiophene rings is 1. The predicted octanol–water partition coefficient (Wildman–Crippen LogP) is 3.24. The fourth-order valence-corrected chi connectivity index (χ4v) is 3.26. The smallest absolute Gasteiger partial charge is 0.225 e. The molecule has 1 N–H and O–H groups in total. The van der Waals surface area contributed by atoms with Gasteiger partial charge in [0.25, 0.3) is 0 Å². The van der Waals surface area contributed by atoms with Crippen LogP contribution >= 0.6 is 22.9 Å². The maximum absolute atomic E-state index is 5.97. The van der Waals surface area contributed by atoms with Gasteiger partial charge in [-0.1, -0.05) is 0 Å². The zero-order valence-corrected chi connectivity index (χ0v) is 11.6. The summed E-state index contributed by atoms with van der Waals surface area (Å²) in [7, 11) is 0. The maximum atomic E-state index is 5.97. The van der Waals surface area contributed by atoms with Crippen molar-refractivity contribution in [3.05, 3.63) is 16.2 Å². The van der Waals surface area contributed by atoms with Crippen molar-refractivity contribution < 1.29 is 4.74 Å². The van der Waals surface area contributed by atoms with E-state index in [0.717, 1.165) is 42.1 Å². The van der Waals surface area contributed by atoms with Gasteiger partial charge in [0.05, 0.1) is 5.39 Å². The van der Waals surface area contributed by atoms with Crippen molar-refractivity contribution in [2.24, 2.45) is 0 Å². The summed E-state index contributed by atoms with van der Waals surface area (Å²) < 4.78 is 5.36. The van der Waals surface area contributed by atoms with Crippen LogP contribution in [0.4, 0.5) is 5.82 Å². The highest BCUT2D eigenvalue weighted by molar-refractivity contribution is 7.18. The maximum Gasteiger partial charge on any atom is 0.225 e. The second kappa shape index (κ2) is 4.99. The van der Waals surface area contributed by atoms with Crippen LogP contribution < -0.4 is 5.32 Å². The number of fused-ring (bicyclic) bond motifs is 1. The molecule has 18 heavy (non-hydrogen) atoms. The number of aromatic nitrogens is 2.